The first kappa shape index (κ1) is 25.1. The molecule has 4 fully saturated rings. The van der Waals surface area contributed by atoms with Crippen molar-refractivity contribution >= 4 is 8.32 Å². The van der Waals surface area contributed by atoms with Gasteiger partial charge in [-0.15, -0.1) is 0 Å². The average Bonchev–Trinajstić information content (AvgIpc) is 3.53. The van der Waals surface area contributed by atoms with Gasteiger partial charge in [-0.25, -0.2) is 0 Å². The minimum absolute atomic E-state index is 0.0950. The number of fused-ring (bicyclic) bond motifs is 7. The van der Waals surface area contributed by atoms with Crippen LogP contribution in [0.1, 0.15) is 107 Å². The van der Waals surface area contributed by atoms with Crippen molar-refractivity contribution in [3.63, 3.8) is 0 Å². The van der Waals surface area contributed by atoms with Gasteiger partial charge in [0.25, 0.3) is 0 Å². The van der Waals surface area contributed by atoms with Crippen LogP contribution in [-0.2, 0) is 4.43 Å². The molecule has 0 aromatic carbocycles. The Kier molecular flexibility index (Phi) is 5.86. The second-order valence-electron chi connectivity index (χ2n) is 14.8. The quantitative estimate of drug-likeness (QED) is 0.290. The van der Waals surface area contributed by atoms with Crippen molar-refractivity contribution < 1.29 is 4.43 Å². The summed E-state index contributed by atoms with van der Waals surface area (Å²) in [5, 5.41) is 10.2. The molecule has 9 atom stereocenters. The van der Waals surface area contributed by atoms with Crippen LogP contribution in [0.5, 0.6) is 0 Å². The largest absolute Gasteiger partial charge is 0.413 e. The summed E-state index contributed by atoms with van der Waals surface area (Å²) in [7, 11) is -1.84. The zero-order valence-electron chi connectivity index (χ0n) is 23.6. The van der Waals surface area contributed by atoms with E-state index in [4.69, 9.17) is 4.43 Å². The number of nitriles is 1. The third kappa shape index (κ3) is 3.06. The second-order valence-corrected chi connectivity index (χ2v) is 20.2. The molecule has 34 heavy (non-hydrogen) atoms. The van der Waals surface area contributed by atoms with Crippen molar-refractivity contribution in [1.82, 2.24) is 0 Å². The van der Waals surface area contributed by atoms with E-state index in [1.165, 1.54) is 44.9 Å². The topological polar surface area (TPSA) is 33.0 Å². The van der Waals surface area contributed by atoms with Gasteiger partial charge in [-0.2, -0.15) is 5.26 Å². The summed E-state index contributed by atoms with van der Waals surface area (Å²) < 4.78 is 7.31. The fourth-order valence-electron chi connectivity index (χ4n) is 11.0. The number of hydrogen-bond donors (Lipinski definition) is 0. The monoisotopic (exact) mass is 481 g/mol. The number of rotatable bonds is 5. The van der Waals surface area contributed by atoms with E-state index in [-0.39, 0.29) is 10.8 Å². The lowest BCUT2D eigenvalue weighted by Gasteiger charge is -2.60. The van der Waals surface area contributed by atoms with Crippen LogP contribution in [0.25, 0.3) is 0 Å². The molecule has 3 heteroatoms. The van der Waals surface area contributed by atoms with E-state index >= 15 is 0 Å². The minimum atomic E-state index is -1.84. The molecule has 0 radical (unpaired) electrons. The zero-order chi connectivity index (χ0) is 24.8. The maximum absolute atomic E-state index is 10.2. The standard InChI is InChI=1S/C31H51NOSi/c1-19(2)34(20(3)4,21(5)6)33-23-12-14-29(7)22(16-23)10-11-24-26(29)13-15-30(8)28(24)25-17-27(25)31(30,9)18-32/h10,19-21,23-28H,11-17H2,1-9H3/t23-,24+,25-,26-,27+,28+,29-,30-,31-/m0/s1. The van der Waals surface area contributed by atoms with Crippen LogP contribution in [0.4, 0.5) is 0 Å². The maximum atomic E-state index is 10.2. The van der Waals surface area contributed by atoms with E-state index < -0.39 is 8.32 Å². The average molecular weight is 482 g/mol. The molecular weight excluding hydrogens is 430 g/mol. The molecule has 2 nitrogen and oxygen atoms in total. The Balaban J connectivity index is 1.39. The summed E-state index contributed by atoms with van der Waals surface area (Å²) in [6, 6.07) is 2.86. The SMILES string of the molecule is CC(C)[Si](O[C@H]1CC[C@@]2(C)C(=CC[C@H]3[C@@H]4[C@H]5C[C@H]5[C@](C)(C#N)[C@@]4(C)CC[C@@H]32)C1)(C(C)C)C(C)C. The van der Waals surface area contributed by atoms with Crippen LogP contribution in [0.2, 0.25) is 16.6 Å². The van der Waals surface area contributed by atoms with E-state index in [0.717, 1.165) is 23.7 Å². The van der Waals surface area contributed by atoms with Gasteiger partial charge in [0.05, 0.1) is 11.5 Å². The van der Waals surface area contributed by atoms with Crippen molar-refractivity contribution in [2.24, 2.45) is 45.8 Å². The summed E-state index contributed by atoms with van der Waals surface area (Å²) >= 11 is 0. The van der Waals surface area contributed by atoms with Gasteiger partial charge in [0.1, 0.15) is 0 Å². The fourth-order valence-corrected chi connectivity index (χ4v) is 16.6. The Morgan fingerprint density at radius 2 is 1.59 bits per heavy atom. The van der Waals surface area contributed by atoms with Crippen LogP contribution in [0.15, 0.2) is 11.6 Å². The molecule has 0 spiro atoms. The van der Waals surface area contributed by atoms with Crippen LogP contribution in [0.3, 0.4) is 0 Å². The number of nitrogens with zero attached hydrogens (tertiary/aromatic N) is 1. The van der Waals surface area contributed by atoms with Crippen molar-refractivity contribution in [3.8, 4) is 6.07 Å². The van der Waals surface area contributed by atoms with Gasteiger partial charge in [-0.1, -0.05) is 67.0 Å². The molecule has 0 aromatic heterocycles. The van der Waals surface area contributed by atoms with Crippen molar-refractivity contribution in [2.45, 2.75) is 130 Å². The summed E-state index contributed by atoms with van der Waals surface area (Å²) in [5.41, 5.74) is 4.20. The molecule has 0 saturated heterocycles. The Bertz CT molecular complexity index is 878. The second kappa shape index (κ2) is 7.95. The predicted molar refractivity (Wildman–Crippen MR) is 144 cm³/mol. The smallest absolute Gasteiger partial charge is 0.200 e. The molecule has 0 aliphatic heterocycles. The molecule has 0 heterocycles. The van der Waals surface area contributed by atoms with Crippen molar-refractivity contribution in [1.29, 1.82) is 5.26 Å². The van der Waals surface area contributed by atoms with Crippen molar-refractivity contribution in [2.75, 3.05) is 0 Å². The summed E-state index contributed by atoms with van der Waals surface area (Å²) in [6.45, 7) is 22.0. The highest BCUT2D eigenvalue weighted by Gasteiger charge is 2.75. The number of hydrogen-bond acceptors (Lipinski definition) is 2. The van der Waals surface area contributed by atoms with E-state index in [9.17, 15) is 5.26 Å². The Hall–Kier alpha value is -0.593. The Morgan fingerprint density at radius 3 is 2.18 bits per heavy atom. The van der Waals surface area contributed by atoms with E-state index in [1.807, 2.05) is 0 Å². The Labute approximate surface area is 211 Å². The molecule has 0 unspecified atom stereocenters. The lowest BCUT2D eigenvalue weighted by molar-refractivity contribution is -0.0750. The maximum Gasteiger partial charge on any atom is 0.200 e. The lowest BCUT2D eigenvalue weighted by atomic mass is 9.45. The van der Waals surface area contributed by atoms with E-state index in [0.29, 0.717) is 34.1 Å². The van der Waals surface area contributed by atoms with Crippen LogP contribution >= 0.6 is 0 Å². The van der Waals surface area contributed by atoms with Crippen LogP contribution in [-0.4, -0.2) is 14.4 Å². The highest BCUT2D eigenvalue weighted by molar-refractivity contribution is 6.77. The fraction of sp³-hybridized carbons (Fsp3) is 0.903. The van der Waals surface area contributed by atoms with Crippen molar-refractivity contribution in [3.05, 3.63) is 11.6 Å². The third-order valence-corrected chi connectivity index (χ3v) is 19.0. The molecule has 4 saturated carbocycles. The van der Waals surface area contributed by atoms with Gasteiger partial charge >= 0.3 is 0 Å². The Morgan fingerprint density at radius 1 is 0.941 bits per heavy atom. The zero-order valence-corrected chi connectivity index (χ0v) is 24.6. The van der Waals surface area contributed by atoms with Gasteiger partial charge in [0, 0.05) is 6.10 Å². The molecule has 5 aliphatic rings. The lowest BCUT2D eigenvalue weighted by Crippen LogP contribution is -2.55. The first-order valence-electron chi connectivity index (χ1n) is 14.6. The normalized spacial score (nSPS) is 47.6. The molecule has 0 aromatic rings. The van der Waals surface area contributed by atoms with Gasteiger partial charge in [0.15, 0.2) is 0 Å². The van der Waals surface area contributed by atoms with Gasteiger partial charge in [0.2, 0.25) is 8.32 Å². The predicted octanol–water partition coefficient (Wildman–Crippen LogP) is 8.90. The molecule has 5 aliphatic carbocycles. The molecule has 0 bridgehead atoms. The highest BCUT2D eigenvalue weighted by Crippen LogP contribution is 2.79. The van der Waals surface area contributed by atoms with Gasteiger partial charge in [-0.3, -0.25) is 0 Å². The molecule has 5 rings (SSSR count). The first-order chi connectivity index (χ1) is 15.9. The third-order valence-electron chi connectivity index (χ3n) is 12.8. The molecular formula is C31H51NOSi. The molecule has 190 valence electrons. The van der Waals surface area contributed by atoms with Crippen LogP contribution in [0, 0.1) is 57.2 Å². The first-order valence-corrected chi connectivity index (χ1v) is 16.8. The minimum Gasteiger partial charge on any atom is -0.413 e. The summed E-state index contributed by atoms with van der Waals surface area (Å²) in [5.74, 6) is 3.89. The summed E-state index contributed by atoms with van der Waals surface area (Å²) in [6.07, 6.45) is 12.0. The highest BCUT2D eigenvalue weighted by atomic mass is 28.4. The molecule has 0 N–H and O–H groups in total. The number of allylic oxidation sites excluding steroid dienone is 1. The molecule has 0 amide bonds. The van der Waals surface area contributed by atoms with Crippen LogP contribution < -0.4 is 0 Å². The van der Waals surface area contributed by atoms with E-state index in [2.05, 4.69) is 74.5 Å². The van der Waals surface area contributed by atoms with Gasteiger partial charge < -0.3 is 4.43 Å². The van der Waals surface area contributed by atoms with E-state index in [1.54, 1.807) is 5.57 Å². The van der Waals surface area contributed by atoms with Gasteiger partial charge in [-0.05, 0) is 109 Å². The summed E-state index contributed by atoms with van der Waals surface area (Å²) in [4.78, 5) is 0.